The van der Waals surface area contributed by atoms with E-state index < -0.39 is 5.91 Å². The Labute approximate surface area is 204 Å². The van der Waals surface area contributed by atoms with Crippen LogP contribution in [0, 0.1) is 5.41 Å². The fourth-order valence-electron chi connectivity index (χ4n) is 4.93. The van der Waals surface area contributed by atoms with Crippen molar-refractivity contribution < 1.29 is 9.59 Å². The summed E-state index contributed by atoms with van der Waals surface area (Å²) in [6, 6.07) is 8.16. The van der Waals surface area contributed by atoms with Crippen molar-refractivity contribution in [2.45, 2.75) is 44.9 Å². The summed E-state index contributed by atoms with van der Waals surface area (Å²) in [6.45, 7) is 3.64. The van der Waals surface area contributed by atoms with Gasteiger partial charge < -0.3 is 16.0 Å². The van der Waals surface area contributed by atoms with Gasteiger partial charge >= 0.3 is 0 Å². The van der Waals surface area contributed by atoms with Crippen LogP contribution in [0.5, 0.6) is 0 Å². The monoisotopic (exact) mass is 473 g/mol. The predicted molar refractivity (Wildman–Crippen MR) is 134 cm³/mol. The standard InChI is InChI=1S/C26H31N7O2/c1-26(12-21(34)19-8-6-18(7-9-19)17-4-5-17)10-3-11-33(16-26)22-14-28-23(24(27)35)25(31-22)30-20-13-29-32(2)15-20/h6-9,13-15,17H,3-5,10-12,16H2,1-2H3,(H2,27,35)(H,30,31). The first-order valence-electron chi connectivity index (χ1n) is 12.1. The maximum Gasteiger partial charge on any atom is 0.271 e. The zero-order valence-corrected chi connectivity index (χ0v) is 20.2. The number of nitrogens with one attached hydrogen (secondary N) is 1. The SMILES string of the molecule is Cn1cc(Nc2nc(N3CCCC(C)(CC(=O)c4ccc(C5CC5)cc4)C3)cnc2C(N)=O)cn1. The molecule has 9 nitrogen and oxygen atoms in total. The van der Waals surface area contributed by atoms with Crippen LogP contribution in [0.3, 0.4) is 0 Å². The second kappa shape index (κ2) is 9.13. The van der Waals surface area contributed by atoms with Gasteiger partial charge in [-0.1, -0.05) is 31.2 Å². The van der Waals surface area contributed by atoms with E-state index in [9.17, 15) is 9.59 Å². The molecule has 182 valence electrons. The number of benzene rings is 1. The Hall–Kier alpha value is -3.75. The van der Waals surface area contributed by atoms with Gasteiger partial charge in [0.15, 0.2) is 17.3 Å². The zero-order valence-electron chi connectivity index (χ0n) is 20.2. The summed E-state index contributed by atoms with van der Waals surface area (Å²) in [6.07, 6.45) is 9.88. The lowest BCUT2D eigenvalue weighted by atomic mass is 9.77. The predicted octanol–water partition coefficient (Wildman–Crippen LogP) is 3.81. The maximum atomic E-state index is 13.1. The van der Waals surface area contributed by atoms with Crippen LogP contribution in [-0.4, -0.2) is 44.5 Å². The minimum Gasteiger partial charge on any atom is -0.364 e. The molecule has 0 spiro atoms. The van der Waals surface area contributed by atoms with Crippen LogP contribution in [0.2, 0.25) is 0 Å². The third-order valence-electron chi connectivity index (χ3n) is 6.93. The first kappa shape index (κ1) is 23.0. The van der Waals surface area contributed by atoms with Gasteiger partial charge in [-0.05, 0) is 42.6 Å². The quantitative estimate of drug-likeness (QED) is 0.478. The van der Waals surface area contributed by atoms with E-state index >= 15 is 0 Å². The van der Waals surface area contributed by atoms with Crippen LogP contribution < -0.4 is 16.0 Å². The molecule has 1 amide bonds. The third kappa shape index (κ3) is 5.18. The van der Waals surface area contributed by atoms with Crippen molar-refractivity contribution in [1.82, 2.24) is 19.7 Å². The Morgan fingerprint density at radius 3 is 2.63 bits per heavy atom. The summed E-state index contributed by atoms with van der Waals surface area (Å²) in [5, 5.41) is 7.24. The van der Waals surface area contributed by atoms with E-state index in [1.54, 1.807) is 30.3 Å². The van der Waals surface area contributed by atoms with Crippen LogP contribution in [0.1, 0.15) is 71.4 Å². The van der Waals surface area contributed by atoms with E-state index in [-0.39, 0.29) is 16.9 Å². The molecule has 0 radical (unpaired) electrons. The molecule has 1 aliphatic heterocycles. The number of carbonyl (C=O) groups is 2. The van der Waals surface area contributed by atoms with Gasteiger partial charge in [0, 0.05) is 38.3 Å². The molecule has 3 heterocycles. The number of rotatable bonds is 8. The number of nitrogens with zero attached hydrogens (tertiary/aromatic N) is 5. The number of carbonyl (C=O) groups excluding carboxylic acids is 2. The highest BCUT2D eigenvalue weighted by atomic mass is 16.1. The number of anilines is 3. The molecular weight excluding hydrogens is 442 g/mol. The number of amides is 1. The van der Waals surface area contributed by atoms with Crippen molar-refractivity contribution in [2.24, 2.45) is 18.2 Å². The van der Waals surface area contributed by atoms with E-state index in [0.29, 0.717) is 36.2 Å². The Morgan fingerprint density at radius 2 is 1.97 bits per heavy atom. The highest BCUT2D eigenvalue weighted by molar-refractivity contribution is 5.97. The molecule has 35 heavy (non-hydrogen) atoms. The smallest absolute Gasteiger partial charge is 0.271 e. The summed E-state index contributed by atoms with van der Waals surface area (Å²) < 4.78 is 1.65. The number of hydrogen-bond acceptors (Lipinski definition) is 7. The topological polar surface area (TPSA) is 119 Å². The zero-order chi connectivity index (χ0) is 24.6. The molecule has 5 rings (SSSR count). The van der Waals surface area contributed by atoms with Crippen molar-refractivity contribution in [2.75, 3.05) is 23.3 Å². The maximum absolute atomic E-state index is 13.1. The molecule has 2 fully saturated rings. The van der Waals surface area contributed by atoms with Gasteiger partial charge in [0.05, 0.1) is 18.1 Å². The van der Waals surface area contributed by atoms with Crippen LogP contribution >= 0.6 is 0 Å². The normalized spacial score (nSPS) is 20.0. The van der Waals surface area contributed by atoms with Crippen molar-refractivity contribution in [3.05, 3.63) is 59.7 Å². The van der Waals surface area contributed by atoms with E-state index in [1.165, 1.54) is 18.4 Å². The highest BCUT2D eigenvalue weighted by Crippen LogP contribution is 2.40. The summed E-state index contributed by atoms with van der Waals surface area (Å²) in [4.78, 5) is 36.2. The Bertz CT molecular complexity index is 1250. The van der Waals surface area contributed by atoms with Gasteiger partial charge in [-0.3, -0.25) is 14.3 Å². The van der Waals surface area contributed by atoms with Crippen molar-refractivity contribution in [3.63, 3.8) is 0 Å². The molecule has 1 aliphatic carbocycles. The van der Waals surface area contributed by atoms with Crippen molar-refractivity contribution >= 4 is 29.0 Å². The second-order valence-electron chi connectivity index (χ2n) is 10.1. The summed E-state index contributed by atoms with van der Waals surface area (Å²) in [7, 11) is 1.81. The number of ketones is 1. The number of aromatic nitrogens is 4. The lowest BCUT2D eigenvalue weighted by Crippen LogP contribution is -2.43. The van der Waals surface area contributed by atoms with Crippen molar-refractivity contribution in [1.29, 1.82) is 0 Å². The van der Waals surface area contributed by atoms with E-state index in [4.69, 9.17) is 5.73 Å². The molecule has 1 aromatic carbocycles. The third-order valence-corrected chi connectivity index (χ3v) is 6.93. The van der Waals surface area contributed by atoms with Crippen molar-refractivity contribution in [3.8, 4) is 0 Å². The van der Waals surface area contributed by atoms with E-state index in [1.807, 2.05) is 12.1 Å². The highest BCUT2D eigenvalue weighted by Gasteiger charge is 2.34. The molecule has 1 unspecified atom stereocenters. The number of primary amides is 1. The molecule has 2 aromatic heterocycles. The summed E-state index contributed by atoms with van der Waals surface area (Å²) in [5.41, 5.74) is 8.21. The number of nitrogens with two attached hydrogens (primary N) is 1. The van der Waals surface area contributed by atoms with Gasteiger partial charge in [-0.25, -0.2) is 9.97 Å². The average molecular weight is 474 g/mol. The number of Topliss-reactive ketones (excluding diaryl/α,β-unsaturated/α-hetero) is 1. The Kier molecular flexibility index (Phi) is 6.00. The van der Waals surface area contributed by atoms with Crippen LogP contribution in [0.4, 0.5) is 17.3 Å². The van der Waals surface area contributed by atoms with E-state index in [2.05, 4.69) is 44.3 Å². The molecule has 1 atom stereocenters. The largest absolute Gasteiger partial charge is 0.364 e. The van der Waals surface area contributed by atoms with Gasteiger partial charge in [-0.15, -0.1) is 0 Å². The van der Waals surface area contributed by atoms with E-state index in [0.717, 1.165) is 24.9 Å². The number of hydrogen-bond donors (Lipinski definition) is 2. The second-order valence-corrected chi connectivity index (χ2v) is 10.1. The fourth-order valence-corrected chi connectivity index (χ4v) is 4.93. The minimum atomic E-state index is -0.655. The first-order chi connectivity index (χ1) is 16.8. The lowest BCUT2D eigenvalue weighted by Gasteiger charge is -2.40. The van der Waals surface area contributed by atoms with Crippen LogP contribution in [0.15, 0.2) is 42.9 Å². The lowest BCUT2D eigenvalue weighted by molar-refractivity contribution is 0.0905. The molecular formula is C26H31N7O2. The summed E-state index contributed by atoms with van der Waals surface area (Å²) >= 11 is 0. The average Bonchev–Trinajstić information content (AvgIpc) is 3.60. The molecule has 9 heteroatoms. The molecule has 2 aliphatic rings. The van der Waals surface area contributed by atoms with Crippen LogP contribution in [-0.2, 0) is 7.05 Å². The molecule has 1 saturated heterocycles. The molecule has 1 saturated carbocycles. The molecule has 0 bridgehead atoms. The van der Waals surface area contributed by atoms with Gasteiger partial charge in [0.1, 0.15) is 5.82 Å². The van der Waals surface area contributed by atoms with Crippen LogP contribution in [0.25, 0.3) is 0 Å². The van der Waals surface area contributed by atoms with Gasteiger partial charge in [0.2, 0.25) is 0 Å². The molecule has 3 N–H and O–H groups in total. The summed E-state index contributed by atoms with van der Waals surface area (Å²) in [5.74, 6) is 1.14. The van der Waals surface area contributed by atoms with Gasteiger partial charge in [-0.2, -0.15) is 5.10 Å². The minimum absolute atomic E-state index is 0.0715. The van der Waals surface area contributed by atoms with Gasteiger partial charge in [0.25, 0.3) is 5.91 Å². The Balaban J connectivity index is 1.32. The Morgan fingerprint density at radius 1 is 1.20 bits per heavy atom. The fraction of sp³-hybridized carbons (Fsp3) is 0.423. The number of aryl methyl sites for hydroxylation is 1. The number of piperidine rings is 1. The first-order valence-corrected chi connectivity index (χ1v) is 12.1. The molecule has 3 aromatic rings.